The van der Waals surface area contributed by atoms with Crippen molar-refractivity contribution in [2.75, 3.05) is 18.8 Å². The third-order valence-electron chi connectivity index (χ3n) is 2.82. The molecule has 6 heteroatoms. The van der Waals surface area contributed by atoms with Crippen LogP contribution in [-0.2, 0) is 10.0 Å². The SMILES string of the molecule is Cc1ccc(S(=O)(=O)NN2CCS[C@@H](C)C2)cc1. The molecule has 0 unspecified atom stereocenters. The Morgan fingerprint density at radius 1 is 1.33 bits per heavy atom. The van der Waals surface area contributed by atoms with Crippen molar-refractivity contribution in [3.8, 4) is 0 Å². The van der Waals surface area contributed by atoms with Crippen LogP contribution in [0.3, 0.4) is 0 Å². The van der Waals surface area contributed by atoms with Gasteiger partial charge in [-0.25, -0.2) is 13.4 Å². The van der Waals surface area contributed by atoms with E-state index in [-0.39, 0.29) is 0 Å². The smallest absolute Gasteiger partial charge is 0.229 e. The lowest BCUT2D eigenvalue weighted by molar-refractivity contribution is 0.252. The van der Waals surface area contributed by atoms with E-state index in [9.17, 15) is 8.42 Å². The highest BCUT2D eigenvalue weighted by Crippen LogP contribution is 2.18. The molecule has 1 saturated heterocycles. The first-order valence-corrected chi connectivity index (χ1v) is 8.46. The molecule has 0 radical (unpaired) electrons. The van der Waals surface area contributed by atoms with E-state index in [2.05, 4.69) is 11.8 Å². The van der Waals surface area contributed by atoms with Crippen molar-refractivity contribution in [1.29, 1.82) is 0 Å². The van der Waals surface area contributed by atoms with Gasteiger partial charge in [-0.15, -0.1) is 4.83 Å². The van der Waals surface area contributed by atoms with E-state index in [0.29, 0.717) is 10.1 Å². The third-order valence-corrected chi connectivity index (χ3v) is 5.35. The number of rotatable bonds is 3. The van der Waals surface area contributed by atoms with Crippen LogP contribution in [-0.4, -0.2) is 37.5 Å². The number of sulfonamides is 1. The molecule has 1 aromatic rings. The van der Waals surface area contributed by atoms with Crippen LogP contribution < -0.4 is 4.83 Å². The van der Waals surface area contributed by atoms with Gasteiger partial charge in [0.2, 0.25) is 0 Å². The quantitative estimate of drug-likeness (QED) is 0.917. The van der Waals surface area contributed by atoms with Crippen LogP contribution in [0.5, 0.6) is 0 Å². The van der Waals surface area contributed by atoms with Gasteiger partial charge >= 0.3 is 0 Å². The molecule has 0 amide bonds. The molecule has 1 N–H and O–H groups in total. The van der Waals surface area contributed by atoms with E-state index in [1.165, 1.54) is 0 Å². The summed E-state index contributed by atoms with van der Waals surface area (Å²) in [7, 11) is -3.43. The number of hydrazine groups is 1. The second-order valence-corrected chi connectivity index (χ2v) is 7.74. The first-order valence-electron chi connectivity index (χ1n) is 5.93. The predicted octanol–water partition coefficient (Wildman–Crippen LogP) is 1.63. The van der Waals surface area contributed by atoms with E-state index in [4.69, 9.17) is 0 Å². The van der Waals surface area contributed by atoms with E-state index in [1.54, 1.807) is 17.1 Å². The number of hydrogen-bond acceptors (Lipinski definition) is 4. The van der Waals surface area contributed by atoms with Crippen LogP contribution in [0.25, 0.3) is 0 Å². The lowest BCUT2D eigenvalue weighted by Crippen LogP contribution is -2.48. The Kier molecular flexibility index (Phi) is 4.32. The average Bonchev–Trinajstić information content (AvgIpc) is 2.29. The molecular formula is C12H18N2O2S2. The maximum absolute atomic E-state index is 12.2. The normalized spacial score (nSPS) is 22.0. The van der Waals surface area contributed by atoms with Gasteiger partial charge in [-0.05, 0) is 19.1 Å². The summed E-state index contributed by atoms with van der Waals surface area (Å²) in [6.45, 7) is 5.54. The molecule has 100 valence electrons. The molecule has 1 fully saturated rings. The van der Waals surface area contributed by atoms with Crippen molar-refractivity contribution < 1.29 is 8.42 Å². The number of aryl methyl sites for hydroxylation is 1. The zero-order chi connectivity index (χ0) is 13.2. The van der Waals surface area contributed by atoms with Crippen LogP contribution in [0.4, 0.5) is 0 Å². The molecule has 1 aromatic carbocycles. The predicted molar refractivity (Wildman–Crippen MR) is 75.0 cm³/mol. The summed E-state index contributed by atoms with van der Waals surface area (Å²) in [4.78, 5) is 2.97. The first kappa shape index (κ1) is 13.9. The minimum atomic E-state index is -3.43. The topological polar surface area (TPSA) is 49.4 Å². The maximum atomic E-state index is 12.2. The van der Waals surface area contributed by atoms with Gasteiger partial charge in [0.1, 0.15) is 0 Å². The molecule has 2 rings (SSSR count). The van der Waals surface area contributed by atoms with Crippen LogP contribution in [0, 0.1) is 6.92 Å². The maximum Gasteiger partial charge on any atom is 0.253 e. The Bertz CT molecular complexity index is 499. The fraction of sp³-hybridized carbons (Fsp3) is 0.500. The highest BCUT2D eigenvalue weighted by molar-refractivity contribution is 8.00. The average molecular weight is 286 g/mol. The van der Waals surface area contributed by atoms with Crippen molar-refractivity contribution in [3.05, 3.63) is 29.8 Å². The lowest BCUT2D eigenvalue weighted by atomic mass is 10.2. The standard InChI is InChI=1S/C12H18N2O2S2/c1-10-3-5-12(6-4-10)18(15,16)13-14-7-8-17-11(2)9-14/h3-6,11,13H,7-9H2,1-2H3/t11-/m0/s1. The highest BCUT2D eigenvalue weighted by atomic mass is 32.2. The summed E-state index contributed by atoms with van der Waals surface area (Å²) in [6.07, 6.45) is 0. The molecule has 0 bridgehead atoms. The van der Waals surface area contributed by atoms with Gasteiger partial charge in [-0.1, -0.05) is 24.6 Å². The number of nitrogens with zero attached hydrogens (tertiary/aromatic N) is 1. The van der Waals surface area contributed by atoms with Crippen LogP contribution in [0.2, 0.25) is 0 Å². The van der Waals surface area contributed by atoms with Gasteiger partial charge in [-0.2, -0.15) is 11.8 Å². The van der Waals surface area contributed by atoms with Crippen molar-refractivity contribution in [3.63, 3.8) is 0 Å². The monoisotopic (exact) mass is 286 g/mol. The Morgan fingerprint density at radius 2 is 2.00 bits per heavy atom. The van der Waals surface area contributed by atoms with E-state index in [1.807, 2.05) is 30.8 Å². The van der Waals surface area contributed by atoms with Crippen LogP contribution in [0.1, 0.15) is 12.5 Å². The number of thioether (sulfide) groups is 1. The fourth-order valence-electron chi connectivity index (χ4n) is 1.84. The number of nitrogens with one attached hydrogen (secondary N) is 1. The van der Waals surface area contributed by atoms with E-state index < -0.39 is 10.0 Å². The van der Waals surface area contributed by atoms with E-state index in [0.717, 1.165) is 24.4 Å². The highest BCUT2D eigenvalue weighted by Gasteiger charge is 2.22. The summed E-state index contributed by atoms with van der Waals surface area (Å²) in [5, 5.41) is 2.25. The zero-order valence-electron chi connectivity index (χ0n) is 10.6. The Labute approximate surface area is 113 Å². The fourth-order valence-corrected chi connectivity index (χ4v) is 3.96. The van der Waals surface area contributed by atoms with Gasteiger partial charge in [0.25, 0.3) is 10.0 Å². The Hall–Kier alpha value is -0.560. The lowest BCUT2D eigenvalue weighted by Gasteiger charge is -2.30. The molecule has 0 saturated carbocycles. The van der Waals surface area contributed by atoms with Crippen molar-refractivity contribution >= 4 is 21.8 Å². The minimum absolute atomic E-state index is 0.318. The largest absolute Gasteiger partial charge is 0.253 e. The molecule has 1 atom stereocenters. The van der Waals surface area contributed by atoms with Gasteiger partial charge in [0.15, 0.2) is 0 Å². The van der Waals surface area contributed by atoms with Gasteiger partial charge in [-0.3, -0.25) is 0 Å². The van der Waals surface area contributed by atoms with Crippen molar-refractivity contribution in [2.45, 2.75) is 24.0 Å². The van der Waals surface area contributed by atoms with Gasteiger partial charge in [0.05, 0.1) is 4.90 Å². The molecule has 18 heavy (non-hydrogen) atoms. The van der Waals surface area contributed by atoms with Gasteiger partial charge in [0, 0.05) is 24.1 Å². The molecule has 1 aliphatic heterocycles. The Morgan fingerprint density at radius 3 is 2.61 bits per heavy atom. The van der Waals surface area contributed by atoms with Crippen LogP contribution in [0.15, 0.2) is 29.2 Å². The second-order valence-electron chi connectivity index (χ2n) is 4.54. The van der Waals surface area contributed by atoms with Crippen molar-refractivity contribution in [2.24, 2.45) is 0 Å². The molecule has 0 aliphatic carbocycles. The van der Waals surface area contributed by atoms with E-state index >= 15 is 0 Å². The molecule has 4 nitrogen and oxygen atoms in total. The summed E-state index contributed by atoms with van der Waals surface area (Å²) in [5.41, 5.74) is 1.05. The molecule has 1 aliphatic rings. The summed E-state index contributed by atoms with van der Waals surface area (Å²) in [6, 6.07) is 6.89. The molecular weight excluding hydrogens is 268 g/mol. The second kappa shape index (κ2) is 5.61. The number of benzene rings is 1. The first-order chi connectivity index (χ1) is 8.47. The summed E-state index contributed by atoms with van der Waals surface area (Å²) in [5.74, 6) is 0.956. The third kappa shape index (κ3) is 3.47. The summed E-state index contributed by atoms with van der Waals surface area (Å²) < 4.78 is 24.3. The summed E-state index contributed by atoms with van der Waals surface area (Å²) >= 11 is 1.87. The molecule has 0 spiro atoms. The van der Waals surface area contributed by atoms with Gasteiger partial charge < -0.3 is 0 Å². The zero-order valence-corrected chi connectivity index (χ0v) is 12.2. The number of hydrogen-bond donors (Lipinski definition) is 1. The Balaban J connectivity index is 2.09. The molecule has 1 heterocycles. The van der Waals surface area contributed by atoms with Crippen molar-refractivity contribution in [1.82, 2.24) is 9.84 Å². The minimum Gasteiger partial charge on any atom is -0.229 e. The molecule has 0 aromatic heterocycles. The van der Waals surface area contributed by atoms with Crippen LogP contribution >= 0.6 is 11.8 Å².